The second kappa shape index (κ2) is 5.35. The Bertz CT molecular complexity index is 512. The molecule has 2 aliphatic rings. The van der Waals surface area contributed by atoms with Crippen LogP contribution in [-0.2, 0) is 5.41 Å². The molecule has 1 nitrogen and oxygen atoms in total. The average Bonchev–Trinajstić information content (AvgIpc) is 2.30. The van der Waals surface area contributed by atoms with Gasteiger partial charge in [-0.3, -0.25) is 0 Å². The molecule has 0 amide bonds. The van der Waals surface area contributed by atoms with Crippen LogP contribution < -0.4 is 5.32 Å². The highest BCUT2D eigenvalue weighted by atomic mass is 19.1. The lowest BCUT2D eigenvalue weighted by atomic mass is 9.43. The molecule has 2 saturated carbocycles. The van der Waals surface area contributed by atoms with E-state index in [1.54, 1.807) is 6.07 Å². The Morgan fingerprint density at radius 2 is 1.90 bits per heavy atom. The van der Waals surface area contributed by atoms with Crippen molar-refractivity contribution in [2.45, 2.75) is 51.4 Å². The van der Waals surface area contributed by atoms with Gasteiger partial charge in [0.15, 0.2) is 0 Å². The standard InChI is InChI=1S/C18H25F2N/c1-13(2)9-21-12-18(10-17(11-18)6-3-7-17)15-5-4-14(19)8-16(15)20/h4-5,8,13,21H,3,6-7,9-12H2,1-2H3. The number of benzene rings is 1. The average molecular weight is 293 g/mol. The second-order valence-electron chi connectivity index (χ2n) is 7.64. The van der Waals surface area contributed by atoms with Crippen LogP contribution in [0, 0.1) is 23.0 Å². The number of hydrogen-bond acceptors (Lipinski definition) is 1. The van der Waals surface area contributed by atoms with Crippen molar-refractivity contribution in [2.24, 2.45) is 11.3 Å². The molecule has 1 N–H and O–H groups in total. The minimum atomic E-state index is -0.487. The fraction of sp³-hybridized carbons (Fsp3) is 0.667. The molecule has 0 atom stereocenters. The molecule has 21 heavy (non-hydrogen) atoms. The summed E-state index contributed by atoms with van der Waals surface area (Å²) < 4.78 is 27.4. The van der Waals surface area contributed by atoms with Crippen molar-refractivity contribution < 1.29 is 8.78 Å². The Morgan fingerprint density at radius 1 is 1.19 bits per heavy atom. The highest BCUT2D eigenvalue weighted by Gasteiger charge is 2.57. The molecule has 1 aromatic rings. The van der Waals surface area contributed by atoms with Crippen molar-refractivity contribution in [3.8, 4) is 0 Å². The summed E-state index contributed by atoms with van der Waals surface area (Å²) in [5, 5.41) is 3.49. The van der Waals surface area contributed by atoms with Crippen molar-refractivity contribution in [1.82, 2.24) is 5.32 Å². The van der Waals surface area contributed by atoms with Crippen molar-refractivity contribution in [3.63, 3.8) is 0 Å². The van der Waals surface area contributed by atoms with E-state index in [4.69, 9.17) is 0 Å². The van der Waals surface area contributed by atoms with Gasteiger partial charge in [-0.15, -0.1) is 0 Å². The SMILES string of the molecule is CC(C)CNCC1(c2ccc(F)cc2F)CC2(CCC2)C1. The molecule has 0 aliphatic heterocycles. The van der Waals surface area contributed by atoms with Gasteiger partial charge >= 0.3 is 0 Å². The highest BCUT2D eigenvalue weighted by molar-refractivity contribution is 5.34. The third kappa shape index (κ3) is 2.73. The molecule has 1 spiro atoms. The molecule has 2 aliphatic carbocycles. The fourth-order valence-electron chi connectivity index (χ4n) is 4.34. The third-order valence-electron chi connectivity index (χ3n) is 5.36. The molecular weight excluding hydrogens is 268 g/mol. The lowest BCUT2D eigenvalue weighted by Crippen LogP contribution is -2.57. The molecule has 0 radical (unpaired) electrons. The van der Waals surface area contributed by atoms with E-state index in [2.05, 4.69) is 19.2 Å². The van der Waals surface area contributed by atoms with Gasteiger partial charge in [0.1, 0.15) is 11.6 Å². The zero-order valence-electron chi connectivity index (χ0n) is 13.0. The predicted molar refractivity (Wildman–Crippen MR) is 81.3 cm³/mol. The molecule has 0 bridgehead atoms. The number of hydrogen-bond donors (Lipinski definition) is 1. The molecule has 2 fully saturated rings. The van der Waals surface area contributed by atoms with Crippen LogP contribution in [0.3, 0.4) is 0 Å². The number of nitrogens with one attached hydrogen (secondary N) is 1. The van der Waals surface area contributed by atoms with E-state index < -0.39 is 5.82 Å². The highest BCUT2D eigenvalue weighted by Crippen LogP contribution is 2.65. The monoisotopic (exact) mass is 293 g/mol. The van der Waals surface area contributed by atoms with E-state index in [-0.39, 0.29) is 11.2 Å². The van der Waals surface area contributed by atoms with Gasteiger partial charge in [0, 0.05) is 18.0 Å². The van der Waals surface area contributed by atoms with Crippen LogP contribution in [0.15, 0.2) is 18.2 Å². The number of halogens is 2. The summed E-state index contributed by atoms with van der Waals surface area (Å²) in [5.74, 6) is -0.285. The van der Waals surface area contributed by atoms with Gasteiger partial charge in [0.05, 0.1) is 0 Å². The molecule has 0 saturated heterocycles. The van der Waals surface area contributed by atoms with Crippen LogP contribution in [0.4, 0.5) is 8.78 Å². The molecule has 1 aromatic carbocycles. The summed E-state index contributed by atoms with van der Waals surface area (Å²) in [5.41, 5.74) is 1.03. The maximum Gasteiger partial charge on any atom is 0.129 e. The summed E-state index contributed by atoms with van der Waals surface area (Å²) in [4.78, 5) is 0. The molecule has 0 aromatic heterocycles. The Kier molecular flexibility index (Phi) is 3.81. The first-order valence-corrected chi connectivity index (χ1v) is 8.11. The summed E-state index contributed by atoms with van der Waals surface area (Å²) in [6.45, 7) is 6.09. The minimum Gasteiger partial charge on any atom is -0.316 e. The van der Waals surface area contributed by atoms with Crippen LogP contribution in [0.2, 0.25) is 0 Å². The van der Waals surface area contributed by atoms with E-state index in [1.807, 2.05) is 0 Å². The molecule has 0 heterocycles. The largest absolute Gasteiger partial charge is 0.316 e. The summed E-state index contributed by atoms with van der Waals surface area (Å²) in [6, 6.07) is 4.09. The maximum atomic E-state index is 14.3. The fourth-order valence-corrected chi connectivity index (χ4v) is 4.34. The van der Waals surface area contributed by atoms with Gasteiger partial charge in [-0.2, -0.15) is 0 Å². The van der Waals surface area contributed by atoms with Gasteiger partial charge in [-0.1, -0.05) is 26.3 Å². The van der Waals surface area contributed by atoms with Crippen molar-refractivity contribution in [2.75, 3.05) is 13.1 Å². The second-order valence-corrected chi connectivity index (χ2v) is 7.64. The summed E-state index contributed by atoms with van der Waals surface area (Å²) in [7, 11) is 0. The van der Waals surface area contributed by atoms with Gasteiger partial charge in [-0.05, 0) is 55.2 Å². The van der Waals surface area contributed by atoms with Crippen molar-refractivity contribution in [3.05, 3.63) is 35.4 Å². The molecule has 3 rings (SSSR count). The molecular formula is C18H25F2N. The zero-order chi connectivity index (χ0) is 15.1. The lowest BCUT2D eigenvalue weighted by Gasteiger charge is -2.61. The normalized spacial score (nSPS) is 22.1. The van der Waals surface area contributed by atoms with Crippen LogP contribution in [0.5, 0.6) is 0 Å². The van der Waals surface area contributed by atoms with E-state index in [9.17, 15) is 8.78 Å². The van der Waals surface area contributed by atoms with Crippen LogP contribution in [0.25, 0.3) is 0 Å². The van der Waals surface area contributed by atoms with Gasteiger partial charge < -0.3 is 5.32 Å². The smallest absolute Gasteiger partial charge is 0.129 e. The first kappa shape index (κ1) is 15.0. The summed E-state index contributed by atoms with van der Waals surface area (Å²) >= 11 is 0. The molecule has 0 unspecified atom stereocenters. The van der Waals surface area contributed by atoms with Gasteiger partial charge in [0.2, 0.25) is 0 Å². The topological polar surface area (TPSA) is 12.0 Å². The van der Waals surface area contributed by atoms with Crippen LogP contribution in [-0.4, -0.2) is 13.1 Å². The zero-order valence-corrected chi connectivity index (χ0v) is 13.0. The Morgan fingerprint density at radius 3 is 2.43 bits per heavy atom. The maximum absolute atomic E-state index is 14.3. The van der Waals surface area contributed by atoms with Gasteiger partial charge in [-0.25, -0.2) is 8.78 Å². The molecule has 3 heteroatoms. The Labute approximate surface area is 126 Å². The van der Waals surface area contributed by atoms with Crippen molar-refractivity contribution >= 4 is 0 Å². The van der Waals surface area contributed by atoms with E-state index in [0.29, 0.717) is 16.9 Å². The minimum absolute atomic E-state index is 0.132. The quantitative estimate of drug-likeness (QED) is 0.848. The van der Waals surface area contributed by atoms with E-state index in [0.717, 1.165) is 32.0 Å². The number of rotatable bonds is 5. The Balaban J connectivity index is 1.79. The third-order valence-corrected chi connectivity index (χ3v) is 5.36. The first-order valence-electron chi connectivity index (χ1n) is 8.11. The van der Waals surface area contributed by atoms with Crippen LogP contribution in [0.1, 0.15) is 51.5 Å². The first-order chi connectivity index (χ1) is 9.95. The lowest BCUT2D eigenvalue weighted by molar-refractivity contribution is -0.0498. The van der Waals surface area contributed by atoms with E-state index >= 15 is 0 Å². The Hall–Kier alpha value is -0.960. The van der Waals surface area contributed by atoms with Crippen LogP contribution >= 0.6 is 0 Å². The molecule has 116 valence electrons. The summed E-state index contributed by atoms with van der Waals surface area (Å²) in [6.07, 6.45) is 5.96. The van der Waals surface area contributed by atoms with Crippen molar-refractivity contribution in [1.29, 1.82) is 0 Å². The predicted octanol–water partition coefficient (Wildman–Crippen LogP) is 4.41. The van der Waals surface area contributed by atoms with E-state index in [1.165, 1.54) is 25.3 Å². The van der Waals surface area contributed by atoms with Gasteiger partial charge in [0.25, 0.3) is 0 Å².